The zero-order chi connectivity index (χ0) is 21.1. The lowest BCUT2D eigenvalue weighted by molar-refractivity contribution is -0.141. The summed E-state index contributed by atoms with van der Waals surface area (Å²) in [6.07, 6.45) is 5.65. The van der Waals surface area contributed by atoms with Crippen molar-refractivity contribution in [2.75, 3.05) is 39.1 Å². The molecule has 1 aromatic rings. The fraction of sp³-hybridized carbons (Fsp3) is 0.682. The standard InChI is InChI=1S/C22H35FN2O3S/c1-4-27-22(26)15-24-12-6-5-7-13-29-25(3)17(2)19-10-11-20(23)21(14-19)28-16-18-8-9-18/h10-11,14,17-18,24H,4-9,12-13,15-16H2,1-3H3. The molecule has 0 radical (unpaired) electrons. The Balaban J connectivity index is 1.61. The third-order valence-electron chi connectivity index (χ3n) is 5.02. The van der Waals surface area contributed by atoms with Crippen molar-refractivity contribution < 1.29 is 18.7 Å². The first-order valence-corrected chi connectivity index (χ1v) is 11.6. The molecular formula is C22H35FN2O3S. The van der Waals surface area contributed by atoms with Crippen LogP contribution in [-0.2, 0) is 9.53 Å². The molecular weight excluding hydrogens is 391 g/mol. The number of benzene rings is 1. The lowest BCUT2D eigenvalue weighted by Crippen LogP contribution is -2.25. The van der Waals surface area contributed by atoms with Gasteiger partial charge in [-0.15, -0.1) is 0 Å². The van der Waals surface area contributed by atoms with Crippen LogP contribution in [0.1, 0.15) is 57.6 Å². The number of nitrogens with one attached hydrogen (secondary N) is 1. The van der Waals surface area contributed by atoms with E-state index in [1.54, 1.807) is 11.9 Å². The van der Waals surface area contributed by atoms with Crippen LogP contribution in [0.25, 0.3) is 0 Å². The summed E-state index contributed by atoms with van der Waals surface area (Å²) < 4.78 is 26.8. The van der Waals surface area contributed by atoms with Crippen LogP contribution in [0.5, 0.6) is 5.75 Å². The monoisotopic (exact) mass is 426 g/mol. The first-order chi connectivity index (χ1) is 14.0. The molecule has 0 amide bonds. The largest absolute Gasteiger partial charge is 0.490 e. The van der Waals surface area contributed by atoms with E-state index in [0.717, 1.165) is 37.1 Å². The number of unbranched alkanes of at least 4 members (excludes halogenated alkanes) is 2. The Labute approximate surface area is 178 Å². The number of rotatable bonds is 15. The number of ether oxygens (including phenoxy) is 2. The van der Waals surface area contributed by atoms with Crippen molar-refractivity contribution in [2.45, 2.75) is 52.0 Å². The first kappa shape index (κ1) is 24.0. The Morgan fingerprint density at radius 2 is 2.14 bits per heavy atom. The lowest BCUT2D eigenvalue weighted by Gasteiger charge is -2.24. The maximum atomic E-state index is 14.0. The molecule has 5 nitrogen and oxygen atoms in total. The van der Waals surface area contributed by atoms with Crippen LogP contribution in [0, 0.1) is 11.7 Å². The van der Waals surface area contributed by atoms with Gasteiger partial charge < -0.3 is 14.8 Å². The molecule has 1 saturated carbocycles. The highest BCUT2D eigenvalue weighted by Gasteiger charge is 2.23. The van der Waals surface area contributed by atoms with E-state index >= 15 is 0 Å². The number of hydrogen-bond donors (Lipinski definition) is 1. The third-order valence-corrected chi connectivity index (χ3v) is 6.22. The maximum Gasteiger partial charge on any atom is 0.319 e. The molecule has 0 heterocycles. The SMILES string of the molecule is CCOC(=O)CNCCCCCSN(C)C(C)c1ccc(F)c(OCC2CC2)c1. The van der Waals surface area contributed by atoms with Gasteiger partial charge in [-0.1, -0.05) is 24.4 Å². The normalized spacial score (nSPS) is 14.8. The van der Waals surface area contributed by atoms with Gasteiger partial charge in [0.05, 0.1) is 19.8 Å². The second-order valence-corrected chi connectivity index (χ2v) is 8.78. The van der Waals surface area contributed by atoms with Crippen LogP contribution in [0.3, 0.4) is 0 Å². The van der Waals surface area contributed by atoms with Crippen molar-refractivity contribution in [1.82, 2.24) is 9.62 Å². The number of carbonyl (C=O) groups is 1. The number of hydrogen-bond acceptors (Lipinski definition) is 6. The zero-order valence-corrected chi connectivity index (χ0v) is 18.7. The summed E-state index contributed by atoms with van der Waals surface area (Å²) in [5, 5.41) is 3.11. The van der Waals surface area contributed by atoms with E-state index in [1.165, 1.54) is 18.9 Å². The Morgan fingerprint density at radius 3 is 2.86 bits per heavy atom. The molecule has 2 rings (SSSR count). The van der Waals surface area contributed by atoms with Crippen LogP contribution in [0.15, 0.2) is 18.2 Å². The Bertz CT molecular complexity index is 628. The number of nitrogens with zero attached hydrogens (tertiary/aromatic N) is 1. The minimum atomic E-state index is -0.284. The molecule has 1 aliphatic rings. The summed E-state index contributed by atoms with van der Waals surface area (Å²) in [5.41, 5.74) is 1.07. The summed E-state index contributed by atoms with van der Waals surface area (Å²) in [6, 6.07) is 5.37. The van der Waals surface area contributed by atoms with E-state index in [9.17, 15) is 9.18 Å². The number of esters is 1. The van der Waals surface area contributed by atoms with E-state index in [0.29, 0.717) is 24.9 Å². The molecule has 0 aromatic heterocycles. The summed E-state index contributed by atoms with van der Waals surface area (Å²) >= 11 is 1.80. The lowest BCUT2D eigenvalue weighted by atomic mass is 10.1. The Morgan fingerprint density at radius 1 is 1.34 bits per heavy atom. The summed E-state index contributed by atoms with van der Waals surface area (Å²) in [6.45, 7) is 6.10. The molecule has 164 valence electrons. The van der Waals surface area contributed by atoms with Crippen molar-refractivity contribution in [3.63, 3.8) is 0 Å². The molecule has 0 bridgehead atoms. The molecule has 1 aromatic carbocycles. The molecule has 0 saturated heterocycles. The summed E-state index contributed by atoms with van der Waals surface area (Å²) in [5.74, 6) is 1.53. The van der Waals surface area contributed by atoms with Crippen LogP contribution in [-0.4, -0.2) is 49.4 Å². The zero-order valence-electron chi connectivity index (χ0n) is 17.9. The molecule has 1 atom stereocenters. The highest BCUT2D eigenvalue weighted by molar-refractivity contribution is 7.96. The molecule has 0 spiro atoms. The van der Waals surface area contributed by atoms with Crippen molar-refractivity contribution in [3.8, 4) is 5.75 Å². The smallest absolute Gasteiger partial charge is 0.319 e. The molecule has 29 heavy (non-hydrogen) atoms. The quantitative estimate of drug-likeness (QED) is 0.252. The first-order valence-electron chi connectivity index (χ1n) is 10.7. The van der Waals surface area contributed by atoms with Gasteiger partial charge in [0.15, 0.2) is 11.6 Å². The van der Waals surface area contributed by atoms with Gasteiger partial charge in [0.2, 0.25) is 0 Å². The van der Waals surface area contributed by atoms with E-state index in [2.05, 4.69) is 23.6 Å². The highest BCUT2D eigenvalue weighted by atomic mass is 32.2. The molecule has 1 unspecified atom stereocenters. The van der Waals surface area contributed by atoms with Crippen LogP contribution in [0.2, 0.25) is 0 Å². The van der Waals surface area contributed by atoms with Gasteiger partial charge in [0.1, 0.15) is 0 Å². The predicted octanol–water partition coefficient (Wildman–Crippen LogP) is 4.58. The third kappa shape index (κ3) is 9.36. The average Bonchev–Trinajstić information content (AvgIpc) is 3.53. The van der Waals surface area contributed by atoms with Gasteiger partial charge in [-0.25, -0.2) is 8.70 Å². The summed E-state index contributed by atoms with van der Waals surface area (Å²) in [7, 11) is 2.07. The van der Waals surface area contributed by atoms with Crippen LogP contribution >= 0.6 is 11.9 Å². The van der Waals surface area contributed by atoms with E-state index in [1.807, 2.05) is 19.1 Å². The fourth-order valence-electron chi connectivity index (χ4n) is 2.84. The van der Waals surface area contributed by atoms with Gasteiger partial charge in [-0.3, -0.25) is 4.79 Å². The Kier molecular flexibility index (Phi) is 10.8. The predicted molar refractivity (Wildman–Crippen MR) is 117 cm³/mol. The topological polar surface area (TPSA) is 50.8 Å². The van der Waals surface area contributed by atoms with Crippen molar-refractivity contribution in [2.24, 2.45) is 5.92 Å². The van der Waals surface area contributed by atoms with Crippen molar-refractivity contribution >= 4 is 17.9 Å². The van der Waals surface area contributed by atoms with Gasteiger partial charge in [-0.2, -0.15) is 0 Å². The van der Waals surface area contributed by atoms with Crippen LogP contribution in [0.4, 0.5) is 4.39 Å². The van der Waals surface area contributed by atoms with E-state index < -0.39 is 0 Å². The molecule has 1 aliphatic carbocycles. The van der Waals surface area contributed by atoms with Gasteiger partial charge in [-0.05, 0) is 76.7 Å². The number of carbonyl (C=O) groups excluding carboxylic acids is 1. The minimum Gasteiger partial charge on any atom is -0.490 e. The van der Waals surface area contributed by atoms with Gasteiger partial charge in [0.25, 0.3) is 0 Å². The van der Waals surface area contributed by atoms with E-state index in [-0.39, 0.29) is 24.4 Å². The average molecular weight is 427 g/mol. The van der Waals surface area contributed by atoms with Crippen LogP contribution < -0.4 is 10.1 Å². The molecule has 0 aliphatic heterocycles. The second-order valence-electron chi connectivity index (χ2n) is 7.54. The molecule has 1 fully saturated rings. The maximum absolute atomic E-state index is 14.0. The highest BCUT2D eigenvalue weighted by Crippen LogP contribution is 2.32. The second kappa shape index (κ2) is 13.1. The summed E-state index contributed by atoms with van der Waals surface area (Å²) in [4.78, 5) is 11.2. The fourth-order valence-corrected chi connectivity index (χ4v) is 3.81. The van der Waals surface area contributed by atoms with Crippen molar-refractivity contribution in [1.29, 1.82) is 0 Å². The van der Waals surface area contributed by atoms with Gasteiger partial charge >= 0.3 is 5.97 Å². The number of halogens is 1. The Hall–Kier alpha value is -1.31. The minimum absolute atomic E-state index is 0.176. The molecule has 1 N–H and O–H groups in total. The van der Waals surface area contributed by atoms with E-state index in [4.69, 9.17) is 9.47 Å². The van der Waals surface area contributed by atoms with Gasteiger partial charge in [0, 0.05) is 11.8 Å². The van der Waals surface area contributed by atoms with Crippen molar-refractivity contribution in [3.05, 3.63) is 29.6 Å². The molecule has 7 heteroatoms.